The second kappa shape index (κ2) is 8.81. The van der Waals surface area contributed by atoms with Crippen LogP contribution in [-0.2, 0) is 0 Å². The average molecular weight is 451 g/mol. The second-order valence-electron chi connectivity index (χ2n) is 7.23. The molecule has 0 saturated carbocycles. The van der Waals surface area contributed by atoms with Crippen LogP contribution in [0.25, 0.3) is 10.8 Å². The summed E-state index contributed by atoms with van der Waals surface area (Å²) in [5.74, 6) is 1.62. The molecule has 4 N–H and O–H groups in total. The lowest BCUT2D eigenvalue weighted by Crippen LogP contribution is -2.43. The van der Waals surface area contributed by atoms with E-state index in [0.717, 1.165) is 31.9 Å². The number of methoxy groups -OCH3 is 1. The van der Waals surface area contributed by atoms with Gasteiger partial charge in [0.25, 0.3) is 5.56 Å². The Labute approximate surface area is 187 Å². The second-order valence-corrected chi connectivity index (χ2v) is 8.12. The van der Waals surface area contributed by atoms with E-state index in [2.05, 4.69) is 41.0 Å². The molecule has 0 amide bonds. The Morgan fingerprint density at radius 3 is 2.84 bits per heavy atom. The zero-order valence-electron chi connectivity index (χ0n) is 17.4. The van der Waals surface area contributed by atoms with Gasteiger partial charge in [0.2, 0.25) is 0 Å². The van der Waals surface area contributed by atoms with Crippen LogP contribution in [0, 0.1) is 0 Å². The first kappa shape index (κ1) is 20.2. The number of nitrogens with zero attached hydrogens (tertiary/aromatic N) is 4. The number of hydrogen-bond donors (Lipinski definition) is 4. The number of anilines is 5. The average Bonchev–Trinajstić information content (AvgIpc) is 3.33. The molecule has 11 heteroatoms. The summed E-state index contributed by atoms with van der Waals surface area (Å²) < 4.78 is 5.65. The van der Waals surface area contributed by atoms with Crippen molar-refractivity contribution < 1.29 is 4.74 Å². The molecule has 1 aliphatic heterocycles. The topological polar surface area (TPSA) is 120 Å². The Morgan fingerprint density at radius 1 is 1.19 bits per heavy atom. The fraction of sp³-hybridized carbons (Fsp3) is 0.238. The molecular formula is C21H22N8O2S. The van der Waals surface area contributed by atoms with Crippen LogP contribution >= 0.6 is 11.3 Å². The van der Waals surface area contributed by atoms with Crippen LogP contribution in [0.1, 0.15) is 0 Å². The fourth-order valence-corrected chi connectivity index (χ4v) is 4.24. The summed E-state index contributed by atoms with van der Waals surface area (Å²) in [6, 6.07) is 7.76. The molecule has 32 heavy (non-hydrogen) atoms. The number of pyridine rings is 1. The zero-order valence-corrected chi connectivity index (χ0v) is 18.2. The Bertz CT molecular complexity index is 1280. The standard InChI is InChI=1S/C21H22N8O2S/c1-31-16-11-14(29-7-4-22-5-8-29)2-3-15(16)25-19-18-13(12-24-28-20(18)30)10-17(26-19)27-21-23-6-9-32-21/h2-3,6,9-12,22H,4-5,7-8H2,1H3,(H,28,30)(H2,23,25,26,27). The monoisotopic (exact) mass is 450 g/mol. The number of thiazole rings is 1. The van der Waals surface area contributed by atoms with Gasteiger partial charge >= 0.3 is 0 Å². The van der Waals surface area contributed by atoms with Gasteiger partial charge in [-0.3, -0.25) is 4.79 Å². The minimum atomic E-state index is -0.324. The summed E-state index contributed by atoms with van der Waals surface area (Å²) in [6.07, 6.45) is 3.31. The fourth-order valence-electron chi connectivity index (χ4n) is 3.70. The number of H-pyrrole nitrogens is 1. The van der Waals surface area contributed by atoms with E-state index in [4.69, 9.17) is 4.74 Å². The number of fused-ring (bicyclic) bond motifs is 1. The highest BCUT2D eigenvalue weighted by Gasteiger charge is 2.16. The third-order valence-corrected chi connectivity index (χ3v) is 5.92. The highest BCUT2D eigenvalue weighted by atomic mass is 32.1. The summed E-state index contributed by atoms with van der Waals surface area (Å²) in [7, 11) is 1.63. The van der Waals surface area contributed by atoms with Gasteiger partial charge in [0.15, 0.2) is 5.13 Å². The first-order chi connectivity index (χ1) is 15.7. The SMILES string of the molecule is COc1cc(N2CCNCC2)ccc1Nc1nc(Nc2nccs2)cc2cn[nH]c(=O)c12. The van der Waals surface area contributed by atoms with Crippen LogP contribution in [0.4, 0.5) is 28.1 Å². The van der Waals surface area contributed by atoms with Crippen molar-refractivity contribution >= 4 is 50.3 Å². The molecule has 4 heterocycles. The molecule has 10 nitrogen and oxygen atoms in total. The summed E-state index contributed by atoms with van der Waals surface area (Å²) in [4.78, 5) is 23.8. The smallest absolute Gasteiger partial charge is 0.275 e. The van der Waals surface area contributed by atoms with E-state index in [-0.39, 0.29) is 5.56 Å². The number of hydrogen-bond acceptors (Lipinski definition) is 10. The van der Waals surface area contributed by atoms with Crippen LogP contribution in [-0.4, -0.2) is 53.5 Å². The minimum Gasteiger partial charge on any atom is -0.494 e. The molecule has 1 aromatic carbocycles. The number of rotatable bonds is 6. The molecular weight excluding hydrogens is 428 g/mol. The lowest BCUT2D eigenvalue weighted by atomic mass is 10.2. The predicted molar refractivity (Wildman–Crippen MR) is 127 cm³/mol. The number of nitrogens with one attached hydrogen (secondary N) is 4. The van der Waals surface area contributed by atoms with Gasteiger partial charge in [-0.25, -0.2) is 15.1 Å². The van der Waals surface area contributed by atoms with E-state index in [1.807, 2.05) is 23.6 Å². The van der Waals surface area contributed by atoms with Crippen molar-refractivity contribution in [2.75, 3.05) is 48.8 Å². The summed E-state index contributed by atoms with van der Waals surface area (Å²) in [5.41, 5.74) is 1.48. The summed E-state index contributed by atoms with van der Waals surface area (Å²) in [6.45, 7) is 3.78. The highest BCUT2D eigenvalue weighted by Crippen LogP contribution is 2.34. The van der Waals surface area contributed by atoms with Crippen molar-refractivity contribution in [2.45, 2.75) is 0 Å². The highest BCUT2D eigenvalue weighted by molar-refractivity contribution is 7.13. The van der Waals surface area contributed by atoms with Gasteiger partial charge in [0.05, 0.1) is 24.4 Å². The Hall–Kier alpha value is -3.70. The first-order valence-corrected chi connectivity index (χ1v) is 11.0. The number of ether oxygens (including phenoxy) is 1. The molecule has 3 aromatic heterocycles. The van der Waals surface area contributed by atoms with Gasteiger partial charge in [0, 0.05) is 54.9 Å². The Morgan fingerprint density at radius 2 is 2.06 bits per heavy atom. The van der Waals surface area contributed by atoms with Crippen LogP contribution in [0.15, 0.2) is 46.8 Å². The predicted octanol–water partition coefficient (Wildman–Crippen LogP) is 2.68. The lowest BCUT2D eigenvalue weighted by Gasteiger charge is -2.30. The van der Waals surface area contributed by atoms with E-state index in [0.29, 0.717) is 39.0 Å². The van der Waals surface area contributed by atoms with E-state index in [9.17, 15) is 4.79 Å². The molecule has 0 radical (unpaired) electrons. The molecule has 0 aliphatic carbocycles. The zero-order chi connectivity index (χ0) is 21.9. The van der Waals surface area contributed by atoms with Gasteiger partial charge in [-0.15, -0.1) is 11.3 Å². The maximum absolute atomic E-state index is 12.6. The maximum atomic E-state index is 12.6. The van der Waals surface area contributed by atoms with Gasteiger partial charge in [-0.2, -0.15) is 5.10 Å². The van der Waals surface area contributed by atoms with E-state index < -0.39 is 0 Å². The Kier molecular flexibility index (Phi) is 5.57. The number of benzene rings is 1. The van der Waals surface area contributed by atoms with E-state index in [1.165, 1.54) is 11.3 Å². The lowest BCUT2D eigenvalue weighted by molar-refractivity contribution is 0.416. The van der Waals surface area contributed by atoms with Gasteiger partial charge in [-0.1, -0.05) is 0 Å². The van der Waals surface area contributed by atoms with Crippen LogP contribution < -0.4 is 31.1 Å². The van der Waals surface area contributed by atoms with Gasteiger partial charge < -0.3 is 25.6 Å². The molecule has 0 atom stereocenters. The molecule has 164 valence electrons. The summed E-state index contributed by atoms with van der Waals surface area (Å²) >= 11 is 1.46. The molecule has 0 bridgehead atoms. The molecule has 4 aromatic rings. The maximum Gasteiger partial charge on any atom is 0.275 e. The number of piperazine rings is 1. The largest absolute Gasteiger partial charge is 0.494 e. The molecule has 1 fully saturated rings. The number of aromatic nitrogens is 4. The van der Waals surface area contributed by atoms with Crippen LogP contribution in [0.3, 0.4) is 0 Å². The molecule has 5 rings (SSSR count). The van der Waals surface area contributed by atoms with Crippen molar-refractivity contribution in [1.29, 1.82) is 0 Å². The van der Waals surface area contributed by atoms with Gasteiger partial charge in [-0.05, 0) is 18.2 Å². The first-order valence-electron chi connectivity index (χ1n) is 10.2. The van der Waals surface area contributed by atoms with Crippen LogP contribution in [0.2, 0.25) is 0 Å². The van der Waals surface area contributed by atoms with Crippen molar-refractivity contribution in [2.24, 2.45) is 0 Å². The van der Waals surface area contributed by atoms with Crippen LogP contribution in [0.5, 0.6) is 5.75 Å². The van der Waals surface area contributed by atoms with E-state index in [1.54, 1.807) is 25.6 Å². The minimum absolute atomic E-state index is 0.324. The van der Waals surface area contributed by atoms with Crippen molar-refractivity contribution in [1.82, 2.24) is 25.5 Å². The number of aromatic amines is 1. The molecule has 1 aliphatic rings. The third kappa shape index (κ3) is 4.07. The molecule has 1 saturated heterocycles. The van der Waals surface area contributed by atoms with Crippen molar-refractivity contribution in [3.05, 3.63) is 52.4 Å². The van der Waals surface area contributed by atoms with Gasteiger partial charge in [0.1, 0.15) is 17.4 Å². The Balaban J connectivity index is 1.53. The molecule has 0 unspecified atom stereocenters. The van der Waals surface area contributed by atoms with E-state index >= 15 is 0 Å². The quantitative estimate of drug-likeness (QED) is 0.351. The van der Waals surface area contributed by atoms with Crippen molar-refractivity contribution in [3.63, 3.8) is 0 Å². The molecule has 0 spiro atoms. The summed E-state index contributed by atoms with van der Waals surface area (Å²) in [5, 5.41) is 19.9. The third-order valence-electron chi connectivity index (χ3n) is 5.23. The normalized spacial score (nSPS) is 13.8. The van der Waals surface area contributed by atoms with Crippen molar-refractivity contribution in [3.8, 4) is 5.75 Å².